The molecule has 1 aliphatic rings. The Morgan fingerprint density at radius 1 is 1.06 bits per heavy atom. The van der Waals surface area contributed by atoms with E-state index in [1.807, 2.05) is 24.3 Å². The van der Waals surface area contributed by atoms with Crippen LogP contribution in [0.1, 0.15) is 10.4 Å². The minimum Gasteiger partial charge on any atom is -0.493 e. The molecule has 7 heteroatoms. The van der Waals surface area contributed by atoms with E-state index in [2.05, 4.69) is 22.4 Å². The summed E-state index contributed by atoms with van der Waals surface area (Å²) in [5, 5.41) is 2.95. The average molecular weight is 450 g/mol. The van der Waals surface area contributed by atoms with Crippen molar-refractivity contribution in [3.8, 4) is 28.4 Å². The van der Waals surface area contributed by atoms with Crippen molar-refractivity contribution in [2.75, 3.05) is 27.5 Å². The number of hydrogen-bond acceptors (Lipinski definition) is 7. The van der Waals surface area contributed by atoms with Crippen molar-refractivity contribution < 1.29 is 18.6 Å². The van der Waals surface area contributed by atoms with Gasteiger partial charge in [-0.1, -0.05) is 12.1 Å². The molecule has 3 heterocycles. The van der Waals surface area contributed by atoms with Crippen molar-refractivity contribution in [2.45, 2.75) is 13.0 Å². The second-order valence-electron chi connectivity index (χ2n) is 7.63. The summed E-state index contributed by atoms with van der Waals surface area (Å²) in [7, 11) is 3.15. The van der Waals surface area contributed by atoms with Gasteiger partial charge in [-0.25, -0.2) is 4.79 Å². The van der Waals surface area contributed by atoms with Crippen molar-refractivity contribution in [3.63, 3.8) is 0 Å². The smallest absolute Gasteiger partial charge is 0.344 e. The third kappa shape index (κ3) is 3.85. The van der Waals surface area contributed by atoms with Gasteiger partial charge in [0.15, 0.2) is 11.5 Å². The number of ether oxygens (including phenoxy) is 3. The Morgan fingerprint density at radius 2 is 1.94 bits per heavy atom. The lowest BCUT2D eigenvalue weighted by Gasteiger charge is -2.29. The minimum atomic E-state index is -0.395. The van der Waals surface area contributed by atoms with Crippen LogP contribution in [0.3, 0.4) is 0 Å². The molecule has 0 fully saturated rings. The molecular formula is C25H23NO5S. The minimum absolute atomic E-state index is 0.395. The van der Waals surface area contributed by atoms with E-state index >= 15 is 0 Å². The van der Waals surface area contributed by atoms with E-state index in [0.29, 0.717) is 41.5 Å². The molecule has 164 valence electrons. The Bertz CT molecular complexity index is 1310. The fourth-order valence-electron chi connectivity index (χ4n) is 4.01. The van der Waals surface area contributed by atoms with E-state index in [0.717, 1.165) is 29.7 Å². The van der Waals surface area contributed by atoms with E-state index in [9.17, 15) is 4.79 Å². The maximum absolute atomic E-state index is 12.9. The first kappa shape index (κ1) is 20.6. The third-order valence-electron chi connectivity index (χ3n) is 5.70. The van der Waals surface area contributed by atoms with E-state index in [4.69, 9.17) is 18.6 Å². The summed E-state index contributed by atoms with van der Waals surface area (Å²) in [6, 6.07) is 15.4. The van der Waals surface area contributed by atoms with Gasteiger partial charge < -0.3 is 18.6 Å². The topological polar surface area (TPSA) is 61.1 Å². The number of rotatable bonds is 6. The largest absolute Gasteiger partial charge is 0.493 e. The zero-order valence-corrected chi connectivity index (χ0v) is 18.7. The second kappa shape index (κ2) is 8.68. The number of thiophene rings is 1. The van der Waals surface area contributed by atoms with Crippen molar-refractivity contribution in [1.82, 2.24) is 4.90 Å². The number of benzene rings is 2. The van der Waals surface area contributed by atoms with Gasteiger partial charge in [0.05, 0.1) is 25.3 Å². The standard InChI is InChI=1S/C25H23NO5S/c1-28-22-8-5-16(13-23(22)29-2)19-12-17-6-7-21-20(24(17)31-25(19)27)14-26(15-30-21)10-9-18-4-3-11-32-18/h3-8,11-13H,9-10,14-15H2,1-2H3. The number of nitrogens with zero attached hydrogens (tertiary/aromatic N) is 1. The van der Waals surface area contributed by atoms with Crippen molar-refractivity contribution in [3.05, 3.63) is 74.8 Å². The van der Waals surface area contributed by atoms with E-state index < -0.39 is 5.63 Å². The van der Waals surface area contributed by atoms with E-state index in [1.54, 1.807) is 37.7 Å². The molecule has 1 aliphatic heterocycles. The molecule has 0 radical (unpaired) electrons. The molecule has 6 nitrogen and oxygen atoms in total. The molecule has 2 aromatic heterocycles. The lowest BCUT2D eigenvalue weighted by molar-refractivity contribution is 0.0970. The van der Waals surface area contributed by atoms with Gasteiger partial charge in [0.2, 0.25) is 0 Å². The quantitative estimate of drug-likeness (QED) is 0.389. The predicted octanol–water partition coefficient (Wildman–Crippen LogP) is 4.93. The molecule has 5 rings (SSSR count). The molecule has 0 bridgehead atoms. The van der Waals surface area contributed by atoms with Crippen LogP contribution < -0.4 is 19.8 Å². The molecule has 0 saturated carbocycles. The van der Waals surface area contributed by atoms with Gasteiger partial charge in [0.25, 0.3) is 0 Å². The molecule has 0 aliphatic carbocycles. The number of methoxy groups -OCH3 is 2. The third-order valence-corrected chi connectivity index (χ3v) is 6.63. The Balaban J connectivity index is 1.48. The highest BCUT2D eigenvalue weighted by molar-refractivity contribution is 7.09. The van der Waals surface area contributed by atoms with Crippen LogP contribution in [0.15, 0.2) is 63.1 Å². The molecule has 0 atom stereocenters. The summed E-state index contributed by atoms with van der Waals surface area (Å²) in [5.74, 6) is 1.94. The molecule has 32 heavy (non-hydrogen) atoms. The predicted molar refractivity (Wildman–Crippen MR) is 125 cm³/mol. The summed E-state index contributed by atoms with van der Waals surface area (Å²) in [4.78, 5) is 16.5. The summed E-state index contributed by atoms with van der Waals surface area (Å²) >= 11 is 1.76. The van der Waals surface area contributed by atoms with E-state index in [-0.39, 0.29) is 0 Å². The zero-order valence-electron chi connectivity index (χ0n) is 17.9. The summed E-state index contributed by atoms with van der Waals surface area (Å²) < 4.78 is 22.5. The van der Waals surface area contributed by atoms with Crippen LogP contribution in [0, 0.1) is 0 Å². The van der Waals surface area contributed by atoms with Gasteiger partial charge >= 0.3 is 5.63 Å². The molecule has 0 N–H and O–H groups in total. The van der Waals surface area contributed by atoms with E-state index in [1.165, 1.54) is 4.88 Å². The van der Waals surface area contributed by atoms with Crippen LogP contribution >= 0.6 is 11.3 Å². The number of hydrogen-bond donors (Lipinski definition) is 0. The van der Waals surface area contributed by atoms with Gasteiger partial charge in [-0.15, -0.1) is 11.3 Å². The molecular weight excluding hydrogens is 426 g/mol. The maximum Gasteiger partial charge on any atom is 0.344 e. The SMILES string of the molecule is COc1ccc(-c2cc3ccc4c(c3oc2=O)CN(CCc2cccs2)CO4)cc1OC. The fourth-order valence-corrected chi connectivity index (χ4v) is 4.71. The highest BCUT2D eigenvalue weighted by atomic mass is 32.1. The van der Waals surface area contributed by atoms with Gasteiger partial charge in [0.1, 0.15) is 18.1 Å². The van der Waals surface area contributed by atoms with Gasteiger partial charge in [-0.05, 0) is 53.8 Å². The fraction of sp³-hybridized carbons (Fsp3) is 0.240. The van der Waals surface area contributed by atoms with Crippen LogP contribution in [0.25, 0.3) is 22.1 Å². The maximum atomic E-state index is 12.9. The Labute approximate surface area is 189 Å². The van der Waals surface area contributed by atoms with Crippen LogP contribution in [0.2, 0.25) is 0 Å². The molecule has 4 aromatic rings. The monoisotopic (exact) mass is 449 g/mol. The molecule has 2 aromatic carbocycles. The van der Waals surface area contributed by atoms with Crippen molar-refractivity contribution >= 4 is 22.3 Å². The number of fused-ring (bicyclic) bond motifs is 3. The lowest BCUT2D eigenvalue weighted by atomic mass is 10.0. The van der Waals surface area contributed by atoms with Gasteiger partial charge in [-0.3, -0.25) is 4.90 Å². The Hall–Kier alpha value is -3.29. The van der Waals surface area contributed by atoms with Crippen molar-refractivity contribution in [2.24, 2.45) is 0 Å². The molecule has 0 unspecified atom stereocenters. The van der Waals surface area contributed by atoms with Crippen molar-refractivity contribution in [1.29, 1.82) is 0 Å². The normalized spacial score (nSPS) is 13.6. The van der Waals surface area contributed by atoms with Crippen LogP contribution in [-0.4, -0.2) is 32.4 Å². The summed E-state index contributed by atoms with van der Waals surface area (Å²) in [5.41, 5.74) is 2.29. The Morgan fingerprint density at radius 3 is 2.72 bits per heavy atom. The molecule has 0 spiro atoms. The Kier molecular flexibility index (Phi) is 5.59. The highest BCUT2D eigenvalue weighted by Gasteiger charge is 2.22. The van der Waals surface area contributed by atoms with Crippen LogP contribution in [0.5, 0.6) is 17.2 Å². The summed E-state index contributed by atoms with van der Waals surface area (Å²) in [6.45, 7) is 2.08. The average Bonchev–Trinajstić information content (AvgIpc) is 3.35. The molecule has 0 amide bonds. The first-order chi connectivity index (χ1) is 15.7. The van der Waals surface area contributed by atoms with Gasteiger partial charge in [0, 0.05) is 23.4 Å². The zero-order chi connectivity index (χ0) is 22.1. The van der Waals surface area contributed by atoms with Crippen LogP contribution in [-0.2, 0) is 13.0 Å². The van der Waals surface area contributed by atoms with Gasteiger partial charge in [-0.2, -0.15) is 0 Å². The first-order valence-corrected chi connectivity index (χ1v) is 11.2. The first-order valence-electron chi connectivity index (χ1n) is 10.4. The highest BCUT2D eigenvalue weighted by Crippen LogP contribution is 2.35. The second-order valence-corrected chi connectivity index (χ2v) is 8.67. The lowest BCUT2D eigenvalue weighted by Crippen LogP contribution is -2.33. The van der Waals surface area contributed by atoms with Crippen LogP contribution in [0.4, 0.5) is 0 Å². The summed E-state index contributed by atoms with van der Waals surface area (Å²) in [6.07, 6.45) is 0.967. The molecule has 0 saturated heterocycles.